The molecule has 2 aromatic carbocycles. The minimum atomic E-state index is -4.45. The highest BCUT2D eigenvalue weighted by atomic mass is 19.4. The van der Waals surface area contributed by atoms with Gasteiger partial charge in [0.15, 0.2) is 0 Å². The summed E-state index contributed by atoms with van der Waals surface area (Å²) in [6.07, 6.45) is -2.28. The van der Waals surface area contributed by atoms with Crippen molar-refractivity contribution in [2.75, 3.05) is 11.9 Å². The second-order valence-corrected chi connectivity index (χ2v) is 7.10. The van der Waals surface area contributed by atoms with Gasteiger partial charge in [-0.1, -0.05) is 30.3 Å². The molecule has 4 rings (SSSR count). The molecule has 5 nitrogen and oxygen atoms in total. The lowest BCUT2D eigenvalue weighted by Crippen LogP contribution is -2.43. The number of anilines is 1. The molecule has 0 radical (unpaired) electrons. The van der Waals surface area contributed by atoms with Gasteiger partial charge in [0.2, 0.25) is 0 Å². The summed E-state index contributed by atoms with van der Waals surface area (Å²) in [5, 5.41) is 12.0. The third-order valence-electron chi connectivity index (χ3n) is 5.22. The molecule has 1 atom stereocenters. The molecular weight excluding hydrogens is 405 g/mol. The Morgan fingerprint density at radius 2 is 1.84 bits per heavy atom. The lowest BCUT2D eigenvalue weighted by Gasteiger charge is -2.36. The number of hydrogen-bond acceptors (Lipinski definition) is 3. The summed E-state index contributed by atoms with van der Waals surface area (Å²) in [6, 6.07) is 16.0. The molecule has 0 spiro atoms. The van der Waals surface area contributed by atoms with E-state index < -0.39 is 23.8 Å². The number of nitriles is 1. The number of carbonyl (C=O) groups is 1. The highest BCUT2D eigenvalue weighted by Crippen LogP contribution is 2.36. The molecule has 1 aromatic heterocycles. The second-order valence-electron chi connectivity index (χ2n) is 7.10. The lowest BCUT2D eigenvalue weighted by atomic mass is 9.92. The van der Waals surface area contributed by atoms with Crippen LogP contribution in [0.4, 0.5) is 23.7 Å². The summed E-state index contributed by atoms with van der Waals surface area (Å²) >= 11 is 0. The Balaban J connectivity index is 1.71. The molecule has 31 heavy (non-hydrogen) atoms. The first-order valence-electron chi connectivity index (χ1n) is 9.56. The number of nitrogens with zero attached hydrogens (tertiary/aromatic N) is 3. The van der Waals surface area contributed by atoms with E-state index >= 15 is 0 Å². The highest BCUT2D eigenvalue weighted by molar-refractivity contribution is 5.91. The van der Waals surface area contributed by atoms with Crippen LogP contribution in [0, 0.1) is 11.3 Å². The van der Waals surface area contributed by atoms with Crippen molar-refractivity contribution in [2.45, 2.75) is 18.6 Å². The molecule has 1 aliphatic heterocycles. The minimum Gasteiger partial charge on any atom is -0.311 e. The first kappa shape index (κ1) is 20.4. The van der Waals surface area contributed by atoms with Crippen molar-refractivity contribution in [1.29, 1.82) is 5.26 Å². The van der Waals surface area contributed by atoms with Crippen molar-refractivity contribution in [3.05, 3.63) is 94.8 Å². The number of fused-ring (bicyclic) bond motifs is 1. The molecule has 156 valence electrons. The van der Waals surface area contributed by atoms with Crippen molar-refractivity contribution in [1.82, 2.24) is 9.88 Å². The number of urea groups is 1. The number of nitrogens with one attached hydrogen (secondary N) is 1. The van der Waals surface area contributed by atoms with Gasteiger partial charge in [-0.15, -0.1) is 0 Å². The van der Waals surface area contributed by atoms with E-state index in [2.05, 4.69) is 10.3 Å². The summed E-state index contributed by atoms with van der Waals surface area (Å²) in [7, 11) is 0. The van der Waals surface area contributed by atoms with Gasteiger partial charge >= 0.3 is 12.2 Å². The van der Waals surface area contributed by atoms with E-state index in [4.69, 9.17) is 0 Å². The monoisotopic (exact) mass is 422 g/mol. The van der Waals surface area contributed by atoms with E-state index in [-0.39, 0.29) is 0 Å². The molecule has 0 fully saturated rings. The quantitative estimate of drug-likeness (QED) is 0.621. The van der Waals surface area contributed by atoms with Crippen molar-refractivity contribution in [3.8, 4) is 6.07 Å². The van der Waals surface area contributed by atoms with Crippen molar-refractivity contribution < 1.29 is 18.0 Å². The number of benzene rings is 2. The average Bonchev–Trinajstić information content (AvgIpc) is 2.78. The Hall–Kier alpha value is -3.86. The van der Waals surface area contributed by atoms with Gasteiger partial charge in [0.25, 0.3) is 0 Å². The van der Waals surface area contributed by atoms with Gasteiger partial charge in [-0.25, -0.2) is 4.79 Å². The van der Waals surface area contributed by atoms with Crippen LogP contribution in [0.15, 0.2) is 66.9 Å². The molecule has 0 saturated carbocycles. The standard InChI is InChI=1S/C23H17F3N4O/c24-23(25,26)18-9-7-16(8-10-18)21-20-15(5-3-12-28-20)11-13-30(21)22(31)29-19-6-2-1-4-17(19)14-27/h1-10,12,21H,11,13H2,(H,29,31). The predicted octanol–water partition coefficient (Wildman–Crippen LogP) is 5.15. The fourth-order valence-electron chi connectivity index (χ4n) is 3.71. The van der Waals surface area contributed by atoms with Crippen molar-refractivity contribution in [2.24, 2.45) is 0 Å². The Bertz CT molecular complexity index is 1150. The second kappa shape index (κ2) is 8.11. The predicted molar refractivity (Wildman–Crippen MR) is 108 cm³/mol. The smallest absolute Gasteiger partial charge is 0.311 e. The number of pyridine rings is 1. The molecule has 1 N–H and O–H groups in total. The van der Waals surface area contributed by atoms with Gasteiger partial charge < -0.3 is 10.2 Å². The maximum Gasteiger partial charge on any atom is 0.416 e. The third kappa shape index (κ3) is 4.08. The topological polar surface area (TPSA) is 69.0 Å². The molecule has 2 amide bonds. The van der Waals surface area contributed by atoms with Gasteiger partial charge in [0.05, 0.1) is 22.5 Å². The van der Waals surface area contributed by atoms with Crippen LogP contribution in [0.25, 0.3) is 0 Å². The molecule has 2 heterocycles. The van der Waals surface area contributed by atoms with E-state index in [1.807, 2.05) is 12.1 Å². The molecule has 0 aliphatic carbocycles. The fraction of sp³-hybridized carbons (Fsp3) is 0.174. The lowest BCUT2D eigenvalue weighted by molar-refractivity contribution is -0.137. The maximum absolute atomic E-state index is 13.2. The molecule has 0 bridgehead atoms. The Kier molecular flexibility index (Phi) is 5.34. The minimum absolute atomic E-state index is 0.317. The van der Waals surface area contributed by atoms with Crippen LogP contribution < -0.4 is 5.32 Å². The van der Waals surface area contributed by atoms with Gasteiger partial charge in [-0.3, -0.25) is 4.98 Å². The van der Waals surface area contributed by atoms with Gasteiger partial charge in [0, 0.05) is 12.7 Å². The van der Waals surface area contributed by atoms with Crippen LogP contribution in [0.3, 0.4) is 0 Å². The van der Waals surface area contributed by atoms with Crippen LogP contribution in [-0.4, -0.2) is 22.5 Å². The molecule has 0 saturated heterocycles. The highest BCUT2D eigenvalue weighted by Gasteiger charge is 2.35. The van der Waals surface area contributed by atoms with E-state index in [0.29, 0.717) is 35.5 Å². The number of carbonyl (C=O) groups excluding carboxylic acids is 1. The van der Waals surface area contributed by atoms with E-state index in [9.17, 15) is 23.2 Å². The zero-order valence-electron chi connectivity index (χ0n) is 16.2. The number of halogens is 3. The van der Waals surface area contributed by atoms with Crippen molar-refractivity contribution >= 4 is 11.7 Å². The largest absolute Gasteiger partial charge is 0.416 e. The maximum atomic E-state index is 13.2. The molecular formula is C23H17F3N4O. The number of para-hydroxylation sites is 1. The Labute approximate surface area is 176 Å². The van der Waals surface area contributed by atoms with Gasteiger partial charge in [-0.2, -0.15) is 18.4 Å². The molecule has 1 aliphatic rings. The zero-order valence-corrected chi connectivity index (χ0v) is 16.2. The first-order chi connectivity index (χ1) is 14.9. The summed E-state index contributed by atoms with van der Waals surface area (Å²) in [5.41, 5.74) is 2.01. The summed E-state index contributed by atoms with van der Waals surface area (Å²) in [5.74, 6) is 0. The van der Waals surface area contributed by atoms with Gasteiger partial charge in [0.1, 0.15) is 12.1 Å². The zero-order chi connectivity index (χ0) is 22.0. The van der Waals surface area contributed by atoms with Crippen LogP contribution in [0.2, 0.25) is 0 Å². The number of alkyl halides is 3. The van der Waals surface area contributed by atoms with Crippen molar-refractivity contribution in [3.63, 3.8) is 0 Å². The molecule has 1 unspecified atom stereocenters. The van der Waals surface area contributed by atoms with E-state index in [1.54, 1.807) is 36.5 Å². The SMILES string of the molecule is N#Cc1ccccc1NC(=O)N1CCc2cccnc2C1c1ccc(C(F)(F)F)cc1. The fourth-order valence-corrected chi connectivity index (χ4v) is 3.71. The Morgan fingerprint density at radius 1 is 1.10 bits per heavy atom. The van der Waals surface area contributed by atoms with Crippen LogP contribution in [-0.2, 0) is 12.6 Å². The number of rotatable bonds is 2. The molecule has 8 heteroatoms. The normalized spacial score (nSPS) is 15.7. The number of hydrogen-bond donors (Lipinski definition) is 1. The Morgan fingerprint density at radius 3 is 2.55 bits per heavy atom. The summed E-state index contributed by atoms with van der Waals surface area (Å²) in [6.45, 7) is 0.352. The van der Waals surface area contributed by atoms with Gasteiger partial charge in [-0.05, 0) is 47.9 Å². The average molecular weight is 422 g/mol. The van der Waals surface area contributed by atoms with Crippen LogP contribution in [0.1, 0.15) is 34.0 Å². The molecule has 3 aromatic rings. The van der Waals surface area contributed by atoms with E-state index in [1.165, 1.54) is 17.0 Å². The van der Waals surface area contributed by atoms with Crippen LogP contribution in [0.5, 0.6) is 0 Å². The number of amides is 2. The third-order valence-corrected chi connectivity index (χ3v) is 5.22. The number of aromatic nitrogens is 1. The van der Waals surface area contributed by atoms with Crippen LogP contribution >= 0.6 is 0 Å². The summed E-state index contributed by atoms with van der Waals surface area (Å²) in [4.78, 5) is 19.1. The summed E-state index contributed by atoms with van der Waals surface area (Å²) < 4.78 is 39.0. The van der Waals surface area contributed by atoms with E-state index in [0.717, 1.165) is 17.7 Å². The first-order valence-corrected chi connectivity index (χ1v) is 9.56.